The lowest BCUT2D eigenvalue weighted by atomic mass is 10.1. The number of imidazole rings is 1. The summed E-state index contributed by atoms with van der Waals surface area (Å²) in [5, 5.41) is 5.47. The third-order valence-electron chi connectivity index (χ3n) is 3.81. The zero-order valence-corrected chi connectivity index (χ0v) is 14.6. The number of rotatable bonds is 4. The Hall–Kier alpha value is -2.70. The summed E-state index contributed by atoms with van der Waals surface area (Å²) in [6, 6.07) is 11.2. The average molecular weight is 369 g/mol. The Balaban J connectivity index is 1.68. The zero-order valence-electron chi connectivity index (χ0n) is 13.0. The van der Waals surface area contributed by atoms with E-state index in [4.69, 9.17) is 11.6 Å². The summed E-state index contributed by atoms with van der Waals surface area (Å²) in [6.07, 6.45) is 5.33. The van der Waals surface area contributed by atoms with Gasteiger partial charge in [0.25, 0.3) is 5.91 Å². The first kappa shape index (κ1) is 15.8. The molecule has 4 aromatic rings. The van der Waals surface area contributed by atoms with Crippen molar-refractivity contribution >= 4 is 33.8 Å². The Morgan fingerprint density at radius 1 is 1.24 bits per heavy atom. The number of carbonyl (C=O) groups is 1. The van der Waals surface area contributed by atoms with Crippen LogP contribution >= 0.6 is 22.9 Å². The van der Waals surface area contributed by atoms with Crippen LogP contribution in [0.25, 0.3) is 16.2 Å². The molecule has 3 heterocycles. The highest BCUT2D eigenvalue weighted by Gasteiger charge is 2.21. The molecular formula is C18H13ClN4OS. The van der Waals surface area contributed by atoms with Crippen molar-refractivity contribution in [2.75, 3.05) is 0 Å². The van der Waals surface area contributed by atoms with Crippen molar-refractivity contribution in [1.29, 1.82) is 0 Å². The van der Waals surface area contributed by atoms with Gasteiger partial charge in [-0.05, 0) is 23.8 Å². The smallest absolute Gasteiger partial charge is 0.272 e. The molecule has 0 saturated heterocycles. The quantitative estimate of drug-likeness (QED) is 0.591. The van der Waals surface area contributed by atoms with E-state index in [0.717, 1.165) is 21.8 Å². The summed E-state index contributed by atoms with van der Waals surface area (Å²) >= 11 is 7.63. The van der Waals surface area contributed by atoms with Crippen LogP contribution in [0.3, 0.4) is 0 Å². The largest absolute Gasteiger partial charge is 0.346 e. The molecular weight excluding hydrogens is 356 g/mol. The van der Waals surface area contributed by atoms with Crippen LogP contribution in [-0.4, -0.2) is 20.3 Å². The van der Waals surface area contributed by atoms with Gasteiger partial charge in [-0.25, -0.2) is 4.98 Å². The Morgan fingerprint density at radius 3 is 2.92 bits per heavy atom. The van der Waals surface area contributed by atoms with Gasteiger partial charge in [-0.3, -0.25) is 14.2 Å². The molecule has 4 rings (SSSR count). The number of nitrogens with one attached hydrogen (secondary N) is 1. The van der Waals surface area contributed by atoms with Gasteiger partial charge in [0.05, 0.1) is 5.69 Å². The molecule has 0 spiro atoms. The van der Waals surface area contributed by atoms with E-state index in [1.807, 2.05) is 46.3 Å². The fraction of sp³-hybridized carbons (Fsp3) is 0.0556. The molecule has 7 heteroatoms. The highest BCUT2D eigenvalue weighted by molar-refractivity contribution is 7.15. The average Bonchev–Trinajstić information content (AvgIpc) is 3.22. The second kappa shape index (κ2) is 6.66. The maximum absolute atomic E-state index is 12.7. The number of halogens is 1. The van der Waals surface area contributed by atoms with E-state index in [-0.39, 0.29) is 5.91 Å². The monoisotopic (exact) mass is 368 g/mol. The van der Waals surface area contributed by atoms with Crippen molar-refractivity contribution < 1.29 is 4.79 Å². The fourth-order valence-corrected chi connectivity index (χ4v) is 3.54. The molecule has 0 aliphatic rings. The van der Waals surface area contributed by atoms with E-state index < -0.39 is 0 Å². The van der Waals surface area contributed by atoms with Crippen LogP contribution in [0.15, 0.2) is 60.4 Å². The van der Waals surface area contributed by atoms with E-state index in [0.29, 0.717) is 17.3 Å². The Labute approximate surface area is 152 Å². The van der Waals surface area contributed by atoms with Gasteiger partial charge in [0.2, 0.25) is 0 Å². The number of hydrogen-bond donors (Lipinski definition) is 1. The second-order valence-electron chi connectivity index (χ2n) is 5.38. The SMILES string of the molecule is O=C(NCc1ccccc1Cl)c1nc2sccn2c1-c1cccnc1. The van der Waals surface area contributed by atoms with E-state index in [9.17, 15) is 4.79 Å². The lowest BCUT2D eigenvalue weighted by Gasteiger charge is -2.07. The van der Waals surface area contributed by atoms with Crippen LogP contribution in [0, 0.1) is 0 Å². The first-order valence-corrected chi connectivity index (χ1v) is 8.87. The van der Waals surface area contributed by atoms with Crippen LogP contribution in [0.4, 0.5) is 0 Å². The summed E-state index contributed by atoms with van der Waals surface area (Å²) in [6.45, 7) is 0.343. The molecule has 5 nitrogen and oxygen atoms in total. The first-order chi connectivity index (χ1) is 12.2. The predicted molar refractivity (Wildman–Crippen MR) is 98.9 cm³/mol. The molecule has 25 heavy (non-hydrogen) atoms. The van der Waals surface area contributed by atoms with Crippen LogP contribution in [0.2, 0.25) is 5.02 Å². The van der Waals surface area contributed by atoms with Crippen LogP contribution in [-0.2, 0) is 6.54 Å². The molecule has 0 radical (unpaired) electrons. The summed E-state index contributed by atoms with van der Waals surface area (Å²) < 4.78 is 1.91. The maximum atomic E-state index is 12.7. The summed E-state index contributed by atoms with van der Waals surface area (Å²) in [5.41, 5.74) is 2.82. The Kier molecular flexibility index (Phi) is 4.21. The number of amides is 1. The molecule has 124 valence electrons. The highest BCUT2D eigenvalue weighted by Crippen LogP contribution is 2.27. The maximum Gasteiger partial charge on any atom is 0.272 e. The van der Waals surface area contributed by atoms with Crippen molar-refractivity contribution in [3.05, 3.63) is 76.6 Å². The van der Waals surface area contributed by atoms with Crippen molar-refractivity contribution in [2.45, 2.75) is 6.54 Å². The molecule has 1 N–H and O–H groups in total. The van der Waals surface area contributed by atoms with Gasteiger partial charge in [0.1, 0.15) is 0 Å². The van der Waals surface area contributed by atoms with E-state index in [1.54, 1.807) is 18.5 Å². The molecule has 0 saturated carbocycles. The van der Waals surface area contributed by atoms with E-state index >= 15 is 0 Å². The Morgan fingerprint density at radius 2 is 2.12 bits per heavy atom. The van der Waals surface area contributed by atoms with Gasteiger partial charge in [0.15, 0.2) is 10.7 Å². The van der Waals surface area contributed by atoms with Crippen molar-refractivity contribution in [1.82, 2.24) is 19.7 Å². The number of benzene rings is 1. The molecule has 0 aliphatic heterocycles. The molecule has 0 atom stereocenters. The van der Waals surface area contributed by atoms with Crippen molar-refractivity contribution in [3.63, 3.8) is 0 Å². The number of nitrogens with zero attached hydrogens (tertiary/aromatic N) is 3. The predicted octanol–water partition coefficient (Wildman–Crippen LogP) is 4.04. The molecule has 0 bridgehead atoms. The molecule has 0 fully saturated rings. The molecule has 0 unspecified atom stereocenters. The minimum Gasteiger partial charge on any atom is -0.346 e. The summed E-state index contributed by atoms with van der Waals surface area (Å²) in [4.78, 5) is 22.2. The first-order valence-electron chi connectivity index (χ1n) is 7.61. The minimum atomic E-state index is -0.241. The zero-order chi connectivity index (χ0) is 17.2. The van der Waals surface area contributed by atoms with Gasteiger partial charge in [-0.15, -0.1) is 11.3 Å². The van der Waals surface area contributed by atoms with Gasteiger partial charge in [-0.2, -0.15) is 0 Å². The molecule has 0 aliphatic carbocycles. The van der Waals surface area contributed by atoms with E-state index in [2.05, 4.69) is 15.3 Å². The topological polar surface area (TPSA) is 59.3 Å². The van der Waals surface area contributed by atoms with Gasteiger partial charge < -0.3 is 5.32 Å². The lowest BCUT2D eigenvalue weighted by molar-refractivity contribution is 0.0947. The van der Waals surface area contributed by atoms with Gasteiger partial charge in [-0.1, -0.05) is 29.8 Å². The number of carbonyl (C=O) groups excluding carboxylic acids is 1. The molecule has 1 aromatic carbocycles. The standard InChI is InChI=1S/C18H13ClN4OS/c19-14-6-2-1-4-12(14)11-21-17(24)15-16(13-5-3-7-20-10-13)23-8-9-25-18(23)22-15/h1-10H,11H2,(H,21,24). The van der Waals surface area contributed by atoms with Gasteiger partial charge in [0, 0.05) is 41.1 Å². The second-order valence-corrected chi connectivity index (χ2v) is 6.66. The molecule has 1 amide bonds. The highest BCUT2D eigenvalue weighted by atomic mass is 35.5. The van der Waals surface area contributed by atoms with Crippen LogP contribution in [0.1, 0.15) is 16.1 Å². The molecule has 3 aromatic heterocycles. The van der Waals surface area contributed by atoms with Crippen molar-refractivity contribution in [3.8, 4) is 11.3 Å². The number of fused-ring (bicyclic) bond motifs is 1. The fourth-order valence-electron chi connectivity index (χ4n) is 2.62. The van der Waals surface area contributed by atoms with Crippen LogP contribution in [0.5, 0.6) is 0 Å². The number of pyridine rings is 1. The minimum absolute atomic E-state index is 0.241. The summed E-state index contributed by atoms with van der Waals surface area (Å²) in [5.74, 6) is -0.241. The number of aromatic nitrogens is 3. The lowest BCUT2D eigenvalue weighted by Crippen LogP contribution is -2.24. The van der Waals surface area contributed by atoms with E-state index in [1.165, 1.54) is 11.3 Å². The third kappa shape index (κ3) is 3.01. The Bertz CT molecular complexity index is 1040. The number of hydrogen-bond acceptors (Lipinski definition) is 4. The normalized spacial score (nSPS) is 10.9. The third-order valence-corrected chi connectivity index (χ3v) is 4.93. The van der Waals surface area contributed by atoms with Crippen LogP contribution < -0.4 is 5.32 Å². The van der Waals surface area contributed by atoms with Gasteiger partial charge >= 0.3 is 0 Å². The van der Waals surface area contributed by atoms with Crippen molar-refractivity contribution in [2.24, 2.45) is 0 Å². The summed E-state index contributed by atoms with van der Waals surface area (Å²) in [7, 11) is 0. The number of thiazole rings is 1.